The summed E-state index contributed by atoms with van der Waals surface area (Å²) < 4.78 is 5.12. The predicted octanol–water partition coefficient (Wildman–Crippen LogP) is 1.54. The highest BCUT2D eigenvalue weighted by Crippen LogP contribution is 2.22. The second-order valence-corrected chi connectivity index (χ2v) is 7.52. The van der Waals surface area contributed by atoms with Gasteiger partial charge in [0, 0.05) is 18.4 Å². The third-order valence-electron chi connectivity index (χ3n) is 5.02. The van der Waals surface area contributed by atoms with Crippen molar-refractivity contribution in [1.82, 2.24) is 10.4 Å². The Labute approximate surface area is 199 Å². The Morgan fingerprint density at radius 1 is 0.857 bits per heavy atom. The summed E-state index contributed by atoms with van der Waals surface area (Å²) in [5, 5.41) is 12.7. The number of carbonyl (C=O) groups is 6. The Kier molecular flexibility index (Phi) is 8.28. The van der Waals surface area contributed by atoms with E-state index in [0.717, 1.165) is 0 Å². The highest BCUT2D eigenvalue weighted by molar-refractivity contribution is 6.01. The van der Waals surface area contributed by atoms with Crippen molar-refractivity contribution in [3.63, 3.8) is 0 Å². The number of nitrogens with zero attached hydrogens (tertiary/aromatic N) is 1. The first-order chi connectivity index (χ1) is 16.8. The average molecular weight is 482 g/mol. The molecule has 1 aliphatic heterocycles. The number of ether oxygens (including phenoxy) is 1. The van der Waals surface area contributed by atoms with Gasteiger partial charge in [0.1, 0.15) is 6.04 Å². The maximum absolute atomic E-state index is 12.7. The van der Waals surface area contributed by atoms with Gasteiger partial charge in [-0.05, 0) is 17.7 Å². The SMILES string of the molecule is O=C(CCC(=O)ON1C(=O)CCC1=O)O[C@@H](C(=O)O)[C@@H](NC(=O)c1ccccc1)c1ccccc1. The number of imide groups is 1. The highest BCUT2D eigenvalue weighted by atomic mass is 16.7. The molecule has 2 atom stereocenters. The lowest BCUT2D eigenvalue weighted by molar-refractivity contribution is -0.197. The molecule has 0 unspecified atom stereocenters. The van der Waals surface area contributed by atoms with Crippen LogP contribution in [0.3, 0.4) is 0 Å². The van der Waals surface area contributed by atoms with E-state index < -0.39 is 60.6 Å². The van der Waals surface area contributed by atoms with Gasteiger partial charge in [-0.3, -0.25) is 19.2 Å². The number of rotatable bonds is 10. The molecule has 0 spiro atoms. The minimum atomic E-state index is -1.81. The standard InChI is InChI=1S/C24H22N2O9/c27-17-11-12-18(28)26(17)35-20(30)14-13-19(29)34-22(24(32)33)21(15-7-3-1-4-8-15)25-23(31)16-9-5-2-6-10-16/h1-10,21-22H,11-14H2,(H,25,31)(H,32,33)/t21-,22+/m0/s1. The molecule has 0 bridgehead atoms. The number of benzene rings is 2. The van der Waals surface area contributed by atoms with Gasteiger partial charge in [0.15, 0.2) is 0 Å². The molecule has 1 aliphatic rings. The van der Waals surface area contributed by atoms with Crippen LogP contribution in [0.25, 0.3) is 0 Å². The van der Waals surface area contributed by atoms with Crippen molar-refractivity contribution < 1.29 is 43.4 Å². The van der Waals surface area contributed by atoms with Crippen LogP contribution in [-0.4, -0.2) is 51.9 Å². The fourth-order valence-electron chi connectivity index (χ4n) is 3.28. The minimum Gasteiger partial charge on any atom is -0.478 e. The summed E-state index contributed by atoms with van der Waals surface area (Å²) in [4.78, 5) is 76.7. The van der Waals surface area contributed by atoms with E-state index in [2.05, 4.69) is 10.2 Å². The fraction of sp³-hybridized carbons (Fsp3) is 0.250. The van der Waals surface area contributed by atoms with Crippen molar-refractivity contribution in [2.75, 3.05) is 0 Å². The lowest BCUT2D eigenvalue weighted by Crippen LogP contribution is -2.43. The molecule has 11 nitrogen and oxygen atoms in total. The maximum atomic E-state index is 12.7. The van der Waals surface area contributed by atoms with Crippen molar-refractivity contribution in [1.29, 1.82) is 0 Å². The van der Waals surface area contributed by atoms with E-state index in [0.29, 0.717) is 10.6 Å². The molecule has 1 fully saturated rings. The van der Waals surface area contributed by atoms with Crippen LogP contribution in [0.2, 0.25) is 0 Å². The molecule has 2 aromatic rings. The van der Waals surface area contributed by atoms with E-state index in [1.54, 1.807) is 60.7 Å². The molecule has 3 amide bonds. The Bertz CT molecular complexity index is 1100. The van der Waals surface area contributed by atoms with E-state index in [1.807, 2.05) is 0 Å². The molecule has 1 heterocycles. The van der Waals surface area contributed by atoms with Gasteiger partial charge in [-0.25, -0.2) is 9.59 Å². The van der Waals surface area contributed by atoms with Gasteiger partial charge in [0.25, 0.3) is 17.7 Å². The van der Waals surface area contributed by atoms with Crippen molar-refractivity contribution >= 4 is 35.6 Å². The Morgan fingerprint density at radius 3 is 1.97 bits per heavy atom. The molecule has 0 radical (unpaired) electrons. The number of hydrogen-bond donors (Lipinski definition) is 2. The van der Waals surface area contributed by atoms with E-state index in [-0.39, 0.29) is 18.4 Å². The molecule has 2 aromatic carbocycles. The minimum absolute atomic E-state index is 0.0793. The van der Waals surface area contributed by atoms with E-state index >= 15 is 0 Å². The van der Waals surface area contributed by atoms with Crippen LogP contribution in [0, 0.1) is 0 Å². The number of amides is 3. The summed E-state index contributed by atoms with van der Waals surface area (Å²) in [7, 11) is 0. The van der Waals surface area contributed by atoms with Crippen molar-refractivity contribution in [2.45, 2.75) is 37.8 Å². The van der Waals surface area contributed by atoms with Gasteiger partial charge in [0.2, 0.25) is 6.10 Å². The van der Waals surface area contributed by atoms with E-state index in [9.17, 15) is 33.9 Å². The zero-order chi connectivity index (χ0) is 25.4. The third-order valence-corrected chi connectivity index (χ3v) is 5.02. The van der Waals surface area contributed by atoms with Crippen molar-refractivity contribution in [2.24, 2.45) is 0 Å². The predicted molar refractivity (Wildman–Crippen MR) is 117 cm³/mol. The molecule has 182 valence electrons. The number of esters is 1. The summed E-state index contributed by atoms with van der Waals surface area (Å²) >= 11 is 0. The first-order valence-corrected chi connectivity index (χ1v) is 10.7. The zero-order valence-electron chi connectivity index (χ0n) is 18.4. The lowest BCUT2D eigenvalue weighted by Gasteiger charge is -2.25. The molecule has 1 saturated heterocycles. The lowest BCUT2D eigenvalue weighted by atomic mass is 10.0. The van der Waals surface area contributed by atoms with Crippen LogP contribution in [0.1, 0.15) is 47.6 Å². The van der Waals surface area contributed by atoms with Gasteiger partial charge in [-0.2, -0.15) is 0 Å². The number of carboxylic acid groups (broad SMARTS) is 1. The van der Waals surface area contributed by atoms with Crippen LogP contribution in [0.5, 0.6) is 0 Å². The van der Waals surface area contributed by atoms with Crippen molar-refractivity contribution in [3.05, 3.63) is 71.8 Å². The Balaban J connectivity index is 1.68. The highest BCUT2D eigenvalue weighted by Gasteiger charge is 2.36. The second kappa shape index (κ2) is 11.5. The molecular weight excluding hydrogens is 460 g/mol. The van der Waals surface area contributed by atoms with E-state index in [4.69, 9.17) is 4.74 Å². The Hall–Kier alpha value is -4.54. The zero-order valence-corrected chi connectivity index (χ0v) is 18.4. The molecule has 11 heteroatoms. The normalized spacial score (nSPS) is 14.7. The van der Waals surface area contributed by atoms with Crippen LogP contribution in [0.15, 0.2) is 60.7 Å². The molecule has 0 aromatic heterocycles. The van der Waals surface area contributed by atoms with Gasteiger partial charge >= 0.3 is 17.9 Å². The molecule has 3 rings (SSSR count). The number of hydroxylamine groups is 2. The summed E-state index contributed by atoms with van der Waals surface area (Å²) in [5.74, 6) is -5.52. The van der Waals surface area contributed by atoms with Crippen LogP contribution in [-0.2, 0) is 33.5 Å². The number of nitrogens with one attached hydrogen (secondary N) is 1. The number of hydrogen-bond acceptors (Lipinski definition) is 8. The molecule has 2 N–H and O–H groups in total. The summed E-state index contributed by atoms with van der Waals surface area (Å²) in [6.45, 7) is 0. The van der Waals surface area contributed by atoms with Crippen LogP contribution >= 0.6 is 0 Å². The van der Waals surface area contributed by atoms with Crippen LogP contribution < -0.4 is 5.32 Å². The average Bonchev–Trinajstić information content (AvgIpc) is 3.17. The van der Waals surface area contributed by atoms with Gasteiger partial charge < -0.3 is 20.0 Å². The summed E-state index contributed by atoms with van der Waals surface area (Å²) in [6.07, 6.45) is -3.11. The maximum Gasteiger partial charge on any atom is 0.347 e. The van der Waals surface area contributed by atoms with Crippen LogP contribution in [0.4, 0.5) is 0 Å². The summed E-state index contributed by atoms with van der Waals surface area (Å²) in [5.41, 5.74) is 0.653. The number of aliphatic carboxylic acids is 1. The van der Waals surface area contributed by atoms with Gasteiger partial charge in [-0.15, -0.1) is 5.06 Å². The largest absolute Gasteiger partial charge is 0.478 e. The topological polar surface area (TPSA) is 156 Å². The molecule has 0 saturated carbocycles. The molecule has 0 aliphatic carbocycles. The molecule has 35 heavy (non-hydrogen) atoms. The quantitative estimate of drug-likeness (QED) is 0.379. The Morgan fingerprint density at radius 2 is 1.40 bits per heavy atom. The van der Waals surface area contributed by atoms with E-state index in [1.165, 1.54) is 0 Å². The summed E-state index contributed by atoms with van der Waals surface area (Å²) in [6, 6.07) is 15.0. The first kappa shape index (κ1) is 25.1. The van der Waals surface area contributed by atoms with Gasteiger partial charge in [0.05, 0.1) is 12.8 Å². The fourth-order valence-corrected chi connectivity index (χ4v) is 3.28. The third kappa shape index (κ3) is 6.73. The van der Waals surface area contributed by atoms with Gasteiger partial charge in [-0.1, -0.05) is 48.5 Å². The molecular formula is C24H22N2O9. The first-order valence-electron chi connectivity index (χ1n) is 10.7. The number of carbonyl (C=O) groups excluding carboxylic acids is 5. The smallest absolute Gasteiger partial charge is 0.347 e. The van der Waals surface area contributed by atoms with Crippen molar-refractivity contribution in [3.8, 4) is 0 Å². The second-order valence-electron chi connectivity index (χ2n) is 7.52. The monoisotopic (exact) mass is 482 g/mol. The number of carboxylic acids is 1.